The van der Waals surface area contributed by atoms with Crippen molar-refractivity contribution >= 4 is 5.97 Å². The van der Waals surface area contributed by atoms with Crippen LogP contribution in [0.25, 0.3) is 0 Å². The number of esters is 1. The van der Waals surface area contributed by atoms with Crippen molar-refractivity contribution in [3.05, 3.63) is 0 Å². The van der Waals surface area contributed by atoms with Crippen molar-refractivity contribution in [1.29, 1.82) is 0 Å². The second kappa shape index (κ2) is 4.42. The molecule has 1 rings (SSSR count). The fourth-order valence-corrected chi connectivity index (χ4v) is 1.39. The lowest BCUT2D eigenvalue weighted by Gasteiger charge is -2.14. The summed E-state index contributed by atoms with van der Waals surface area (Å²) in [5.74, 6) is -0.288. The molecule has 0 aromatic rings. The minimum Gasteiger partial charge on any atom is -0.466 e. The lowest BCUT2D eigenvalue weighted by atomic mass is 10.1. The van der Waals surface area contributed by atoms with Crippen LogP contribution in [0.4, 0.5) is 0 Å². The maximum atomic E-state index is 11.3. The zero-order chi connectivity index (χ0) is 8.97. The molecule has 1 aliphatic heterocycles. The van der Waals surface area contributed by atoms with Gasteiger partial charge in [-0.15, -0.1) is 0 Å². The summed E-state index contributed by atoms with van der Waals surface area (Å²) in [5.41, 5.74) is 0. The Morgan fingerprint density at radius 2 is 2.33 bits per heavy atom. The molecule has 0 spiro atoms. The zero-order valence-electron chi connectivity index (χ0n) is 7.50. The molecule has 70 valence electrons. The number of carbonyl (C=O) groups is 1. The molecule has 4 nitrogen and oxygen atoms in total. The second-order valence-electron chi connectivity index (χ2n) is 2.79. The highest BCUT2D eigenvalue weighted by atomic mass is 16.5. The van der Waals surface area contributed by atoms with Crippen molar-refractivity contribution in [2.75, 3.05) is 26.8 Å². The third-order valence-electron chi connectivity index (χ3n) is 2.05. The summed E-state index contributed by atoms with van der Waals surface area (Å²) in [5, 5.41) is 3.09. The maximum absolute atomic E-state index is 11.3. The normalized spacial score (nSPS) is 28.8. The molecule has 1 aliphatic rings. The third-order valence-corrected chi connectivity index (χ3v) is 2.05. The Morgan fingerprint density at radius 3 is 2.92 bits per heavy atom. The van der Waals surface area contributed by atoms with E-state index >= 15 is 0 Å². The summed E-state index contributed by atoms with van der Waals surface area (Å²) >= 11 is 0. The van der Waals surface area contributed by atoms with Gasteiger partial charge in [0.2, 0.25) is 0 Å². The van der Waals surface area contributed by atoms with Gasteiger partial charge in [-0.1, -0.05) is 0 Å². The molecule has 2 atom stereocenters. The van der Waals surface area contributed by atoms with Gasteiger partial charge < -0.3 is 14.8 Å². The van der Waals surface area contributed by atoms with Crippen LogP contribution in [-0.2, 0) is 14.3 Å². The molecule has 0 aliphatic carbocycles. The smallest absolute Gasteiger partial charge is 0.312 e. The summed E-state index contributed by atoms with van der Waals surface area (Å²) < 4.78 is 10.0. The Balaban J connectivity index is 2.43. The highest BCUT2D eigenvalue weighted by Gasteiger charge is 2.33. The molecule has 0 aromatic heterocycles. The number of carbonyl (C=O) groups excluding carboxylic acids is 1. The number of rotatable bonds is 3. The fraction of sp³-hybridized carbons (Fsp3) is 0.875. The lowest BCUT2D eigenvalue weighted by Crippen LogP contribution is -2.29. The molecule has 1 heterocycles. The van der Waals surface area contributed by atoms with Gasteiger partial charge in [0.05, 0.1) is 18.6 Å². The van der Waals surface area contributed by atoms with Gasteiger partial charge in [0.25, 0.3) is 0 Å². The number of hydrogen-bond acceptors (Lipinski definition) is 4. The van der Waals surface area contributed by atoms with Gasteiger partial charge in [-0.05, 0) is 6.92 Å². The van der Waals surface area contributed by atoms with Crippen LogP contribution in [0.2, 0.25) is 0 Å². The summed E-state index contributed by atoms with van der Waals surface area (Å²) in [6.07, 6.45) is -0.0240. The van der Waals surface area contributed by atoms with E-state index in [9.17, 15) is 4.79 Å². The van der Waals surface area contributed by atoms with E-state index in [-0.39, 0.29) is 18.0 Å². The number of nitrogens with one attached hydrogen (secondary N) is 1. The highest BCUT2D eigenvalue weighted by molar-refractivity contribution is 5.73. The van der Waals surface area contributed by atoms with E-state index in [4.69, 9.17) is 9.47 Å². The van der Waals surface area contributed by atoms with Crippen molar-refractivity contribution in [1.82, 2.24) is 5.32 Å². The van der Waals surface area contributed by atoms with E-state index in [2.05, 4.69) is 5.32 Å². The topological polar surface area (TPSA) is 47.6 Å². The minimum atomic E-state index is -0.158. The molecule has 0 saturated carbocycles. The standard InChI is InChI=1S/C8H15NO3/c1-3-12-8(10)6-4-9-5-7(6)11-2/h6-7,9H,3-5H2,1-2H3. The SMILES string of the molecule is CCOC(=O)C1CNCC1OC. The molecular weight excluding hydrogens is 158 g/mol. The zero-order valence-corrected chi connectivity index (χ0v) is 7.50. The average molecular weight is 173 g/mol. The van der Waals surface area contributed by atoms with E-state index in [1.807, 2.05) is 6.92 Å². The maximum Gasteiger partial charge on any atom is 0.312 e. The van der Waals surface area contributed by atoms with Crippen molar-refractivity contribution in [3.63, 3.8) is 0 Å². The highest BCUT2D eigenvalue weighted by Crippen LogP contribution is 2.13. The Kier molecular flexibility index (Phi) is 3.49. The summed E-state index contributed by atoms with van der Waals surface area (Å²) in [6, 6.07) is 0. The molecule has 1 N–H and O–H groups in total. The van der Waals surface area contributed by atoms with Gasteiger partial charge in [0, 0.05) is 20.2 Å². The molecule has 1 saturated heterocycles. The molecule has 0 bridgehead atoms. The fourth-order valence-electron chi connectivity index (χ4n) is 1.39. The van der Waals surface area contributed by atoms with Crippen molar-refractivity contribution in [3.8, 4) is 0 Å². The number of methoxy groups -OCH3 is 1. The molecule has 2 unspecified atom stereocenters. The van der Waals surface area contributed by atoms with E-state index in [0.29, 0.717) is 13.2 Å². The first-order chi connectivity index (χ1) is 5.79. The van der Waals surface area contributed by atoms with Crippen LogP contribution in [0.1, 0.15) is 6.92 Å². The minimum absolute atomic E-state index is 0.0240. The largest absolute Gasteiger partial charge is 0.466 e. The van der Waals surface area contributed by atoms with Crippen LogP contribution >= 0.6 is 0 Å². The van der Waals surface area contributed by atoms with E-state index in [1.54, 1.807) is 7.11 Å². The van der Waals surface area contributed by atoms with Gasteiger partial charge in [-0.25, -0.2) is 0 Å². The summed E-state index contributed by atoms with van der Waals surface area (Å²) in [6.45, 7) is 3.64. The molecule has 12 heavy (non-hydrogen) atoms. The summed E-state index contributed by atoms with van der Waals surface area (Å²) in [4.78, 5) is 11.3. The molecular formula is C8H15NO3. The summed E-state index contributed by atoms with van der Waals surface area (Å²) in [7, 11) is 1.61. The van der Waals surface area contributed by atoms with Crippen molar-refractivity contribution < 1.29 is 14.3 Å². The Morgan fingerprint density at radius 1 is 1.58 bits per heavy atom. The van der Waals surface area contributed by atoms with E-state index < -0.39 is 0 Å². The third kappa shape index (κ3) is 1.95. The molecule has 0 aromatic carbocycles. The predicted molar refractivity (Wildman–Crippen MR) is 43.8 cm³/mol. The molecule has 0 amide bonds. The Hall–Kier alpha value is -0.610. The quantitative estimate of drug-likeness (QED) is 0.600. The Labute approximate surface area is 72.2 Å². The molecule has 1 fully saturated rings. The van der Waals surface area contributed by atoms with Gasteiger partial charge in [-0.3, -0.25) is 4.79 Å². The lowest BCUT2D eigenvalue weighted by molar-refractivity contribution is -0.150. The average Bonchev–Trinajstić information content (AvgIpc) is 2.51. The molecule has 4 heteroatoms. The van der Waals surface area contributed by atoms with Crippen LogP contribution in [-0.4, -0.2) is 38.9 Å². The van der Waals surface area contributed by atoms with E-state index in [1.165, 1.54) is 0 Å². The van der Waals surface area contributed by atoms with Gasteiger partial charge in [0.1, 0.15) is 0 Å². The van der Waals surface area contributed by atoms with Crippen molar-refractivity contribution in [2.45, 2.75) is 13.0 Å². The van der Waals surface area contributed by atoms with Crippen LogP contribution in [0.15, 0.2) is 0 Å². The predicted octanol–water partition coefficient (Wildman–Crippen LogP) is -0.216. The monoisotopic (exact) mass is 173 g/mol. The van der Waals surface area contributed by atoms with Crippen molar-refractivity contribution in [2.24, 2.45) is 5.92 Å². The first-order valence-corrected chi connectivity index (χ1v) is 4.19. The number of hydrogen-bond donors (Lipinski definition) is 1. The number of ether oxygens (including phenoxy) is 2. The second-order valence-corrected chi connectivity index (χ2v) is 2.79. The van der Waals surface area contributed by atoms with Crippen LogP contribution in [0, 0.1) is 5.92 Å². The first-order valence-electron chi connectivity index (χ1n) is 4.19. The van der Waals surface area contributed by atoms with Crippen LogP contribution in [0.5, 0.6) is 0 Å². The molecule has 0 radical (unpaired) electrons. The van der Waals surface area contributed by atoms with Crippen LogP contribution < -0.4 is 5.32 Å². The van der Waals surface area contributed by atoms with Gasteiger partial charge in [0.15, 0.2) is 0 Å². The first kappa shape index (κ1) is 9.48. The van der Waals surface area contributed by atoms with Gasteiger partial charge >= 0.3 is 5.97 Å². The van der Waals surface area contributed by atoms with E-state index in [0.717, 1.165) is 6.54 Å². The Bertz CT molecular complexity index is 160. The van der Waals surface area contributed by atoms with Gasteiger partial charge in [-0.2, -0.15) is 0 Å². The van der Waals surface area contributed by atoms with Crippen LogP contribution in [0.3, 0.4) is 0 Å².